The van der Waals surface area contributed by atoms with Crippen LogP contribution in [0, 0.1) is 5.92 Å². The summed E-state index contributed by atoms with van der Waals surface area (Å²) in [6.45, 7) is 5.01. The Morgan fingerprint density at radius 2 is 2.27 bits per heavy atom. The number of aromatic nitrogens is 2. The molecule has 0 saturated heterocycles. The predicted octanol–water partition coefficient (Wildman–Crippen LogP) is 1.99. The molecule has 3 heteroatoms. The van der Waals surface area contributed by atoms with Gasteiger partial charge in [-0.05, 0) is 32.3 Å². The van der Waals surface area contributed by atoms with Gasteiger partial charge < -0.3 is 0 Å². The molecule has 0 aromatic carbocycles. The lowest BCUT2D eigenvalue weighted by Crippen LogP contribution is -2.10. The molecule has 1 aromatic heterocycles. The van der Waals surface area contributed by atoms with Gasteiger partial charge in [-0.2, -0.15) is 5.10 Å². The summed E-state index contributed by atoms with van der Waals surface area (Å²) in [7, 11) is 0. The summed E-state index contributed by atoms with van der Waals surface area (Å²) in [5, 5.41) is 4.44. The molecule has 1 aliphatic rings. The van der Waals surface area contributed by atoms with Crippen molar-refractivity contribution >= 4 is 5.78 Å². The molecule has 82 valence electrons. The van der Waals surface area contributed by atoms with Crippen LogP contribution in [0.3, 0.4) is 0 Å². The topological polar surface area (TPSA) is 34.9 Å². The van der Waals surface area contributed by atoms with Crippen molar-refractivity contribution in [2.75, 3.05) is 0 Å². The fourth-order valence-electron chi connectivity index (χ4n) is 1.83. The minimum absolute atomic E-state index is 0.357. The zero-order valence-electron chi connectivity index (χ0n) is 9.49. The molecule has 3 nitrogen and oxygen atoms in total. The van der Waals surface area contributed by atoms with Gasteiger partial charge in [0.1, 0.15) is 5.78 Å². The molecular weight excluding hydrogens is 188 g/mol. The van der Waals surface area contributed by atoms with Gasteiger partial charge in [0.05, 0.1) is 5.69 Å². The van der Waals surface area contributed by atoms with Crippen LogP contribution in [0.5, 0.6) is 0 Å². The smallest absolute Gasteiger partial charge is 0.141 e. The maximum absolute atomic E-state index is 11.7. The van der Waals surface area contributed by atoms with Gasteiger partial charge in [0.2, 0.25) is 0 Å². The molecule has 15 heavy (non-hydrogen) atoms. The minimum atomic E-state index is 0.357. The Labute approximate surface area is 90.5 Å². The van der Waals surface area contributed by atoms with Gasteiger partial charge in [-0.15, -0.1) is 0 Å². The third-order valence-electron chi connectivity index (χ3n) is 2.96. The first-order valence-corrected chi connectivity index (χ1v) is 5.82. The van der Waals surface area contributed by atoms with Crippen LogP contribution in [0.25, 0.3) is 0 Å². The summed E-state index contributed by atoms with van der Waals surface area (Å²) in [6.07, 6.45) is 3.71. The van der Waals surface area contributed by atoms with E-state index in [2.05, 4.69) is 25.0 Å². The first-order valence-electron chi connectivity index (χ1n) is 5.82. The van der Waals surface area contributed by atoms with Crippen molar-refractivity contribution in [3.8, 4) is 0 Å². The van der Waals surface area contributed by atoms with Crippen LogP contribution < -0.4 is 0 Å². The fraction of sp³-hybridized carbons (Fsp3) is 0.667. The van der Waals surface area contributed by atoms with E-state index in [4.69, 9.17) is 0 Å². The summed E-state index contributed by atoms with van der Waals surface area (Å²) < 4.78 is 1.96. The molecule has 0 radical (unpaired) electrons. The molecule has 1 saturated carbocycles. The zero-order valence-corrected chi connectivity index (χ0v) is 9.49. The number of hydrogen-bond donors (Lipinski definition) is 0. The number of Topliss-reactive ketones (excluding diaryl/α,β-unsaturated/α-hetero) is 1. The van der Waals surface area contributed by atoms with Gasteiger partial charge in [-0.1, -0.05) is 6.92 Å². The lowest BCUT2D eigenvalue weighted by atomic mass is 10.1. The third-order valence-corrected chi connectivity index (χ3v) is 2.96. The predicted molar refractivity (Wildman–Crippen MR) is 58.7 cm³/mol. The normalized spacial score (nSPS) is 15.6. The summed E-state index contributed by atoms with van der Waals surface area (Å²) in [5.41, 5.74) is 2.18. The van der Waals surface area contributed by atoms with Gasteiger partial charge in [-0.3, -0.25) is 9.48 Å². The number of ketones is 1. The fourth-order valence-corrected chi connectivity index (χ4v) is 1.83. The Kier molecular flexibility index (Phi) is 2.89. The molecule has 0 spiro atoms. The molecule has 1 fully saturated rings. The average Bonchev–Trinajstić information content (AvgIpc) is 3.01. The number of rotatable bonds is 5. The maximum Gasteiger partial charge on any atom is 0.141 e. The van der Waals surface area contributed by atoms with Gasteiger partial charge in [0.15, 0.2) is 0 Å². The van der Waals surface area contributed by atoms with Crippen LogP contribution >= 0.6 is 0 Å². The first-order chi connectivity index (χ1) is 7.24. The van der Waals surface area contributed by atoms with Gasteiger partial charge in [-0.25, -0.2) is 0 Å². The van der Waals surface area contributed by atoms with E-state index in [1.165, 1.54) is 0 Å². The van der Waals surface area contributed by atoms with Crippen molar-refractivity contribution < 1.29 is 4.79 Å². The van der Waals surface area contributed by atoms with Crippen LogP contribution in [-0.4, -0.2) is 15.6 Å². The third kappa shape index (κ3) is 2.28. The Morgan fingerprint density at radius 1 is 1.53 bits per heavy atom. The molecular formula is C12H18N2O. The number of carbonyl (C=O) groups is 1. The van der Waals surface area contributed by atoms with E-state index in [-0.39, 0.29) is 0 Å². The van der Waals surface area contributed by atoms with Crippen molar-refractivity contribution in [2.45, 2.75) is 46.1 Å². The molecule has 0 N–H and O–H groups in total. The summed E-state index contributed by atoms with van der Waals surface area (Å²) in [4.78, 5) is 11.7. The van der Waals surface area contributed by atoms with E-state index in [9.17, 15) is 4.79 Å². The Morgan fingerprint density at radius 3 is 2.80 bits per heavy atom. The van der Waals surface area contributed by atoms with Crippen LogP contribution in [-0.2, 0) is 24.2 Å². The van der Waals surface area contributed by atoms with Crippen LogP contribution in [0.15, 0.2) is 6.07 Å². The van der Waals surface area contributed by atoms with Gasteiger partial charge in [0.25, 0.3) is 0 Å². The van der Waals surface area contributed by atoms with E-state index in [1.807, 2.05) is 4.68 Å². The molecule has 0 amide bonds. The van der Waals surface area contributed by atoms with E-state index < -0.39 is 0 Å². The molecule has 0 unspecified atom stereocenters. The van der Waals surface area contributed by atoms with E-state index in [1.54, 1.807) is 0 Å². The number of carbonyl (C=O) groups excluding carboxylic acids is 1. The Balaban J connectivity index is 2.10. The Bertz CT molecular complexity index is 364. The molecule has 1 aliphatic carbocycles. The van der Waals surface area contributed by atoms with Crippen LogP contribution in [0.4, 0.5) is 0 Å². The quantitative estimate of drug-likeness (QED) is 0.738. The summed E-state index contributed by atoms with van der Waals surface area (Å²) in [5.74, 6) is 0.752. The second-order valence-corrected chi connectivity index (χ2v) is 4.21. The molecule has 0 atom stereocenters. The highest BCUT2D eigenvalue weighted by molar-refractivity contribution is 5.84. The monoisotopic (exact) mass is 206 g/mol. The zero-order chi connectivity index (χ0) is 10.8. The van der Waals surface area contributed by atoms with Crippen LogP contribution in [0.2, 0.25) is 0 Å². The lowest BCUT2D eigenvalue weighted by molar-refractivity contribution is -0.119. The van der Waals surface area contributed by atoms with E-state index >= 15 is 0 Å². The maximum atomic E-state index is 11.7. The highest BCUT2D eigenvalue weighted by atomic mass is 16.1. The van der Waals surface area contributed by atoms with Crippen LogP contribution in [0.1, 0.15) is 38.1 Å². The summed E-state index contributed by atoms with van der Waals surface area (Å²) in [6, 6.07) is 2.07. The lowest BCUT2D eigenvalue weighted by Gasteiger charge is -2.02. The van der Waals surface area contributed by atoms with Crippen molar-refractivity contribution in [2.24, 2.45) is 5.92 Å². The molecule has 2 rings (SSSR count). The summed E-state index contributed by atoms with van der Waals surface area (Å²) >= 11 is 0. The number of nitrogens with zero attached hydrogens (tertiary/aromatic N) is 2. The number of aryl methyl sites for hydroxylation is 2. The largest absolute Gasteiger partial charge is 0.299 e. The second-order valence-electron chi connectivity index (χ2n) is 4.21. The molecule has 1 heterocycles. The average molecular weight is 206 g/mol. The van der Waals surface area contributed by atoms with Crippen molar-refractivity contribution in [3.05, 3.63) is 17.5 Å². The van der Waals surface area contributed by atoms with Crippen molar-refractivity contribution in [3.63, 3.8) is 0 Å². The van der Waals surface area contributed by atoms with E-state index in [0.717, 1.165) is 37.2 Å². The first kappa shape index (κ1) is 10.4. The molecule has 1 aromatic rings. The standard InChI is InChI=1S/C12H18N2O/c1-3-10-7-11(14(4-2)13-10)8-12(15)9-5-6-9/h7,9H,3-6,8H2,1-2H3. The van der Waals surface area contributed by atoms with Crippen molar-refractivity contribution in [1.29, 1.82) is 0 Å². The SMILES string of the molecule is CCc1cc(CC(=O)C2CC2)n(CC)n1. The van der Waals surface area contributed by atoms with E-state index in [0.29, 0.717) is 18.1 Å². The molecule has 0 bridgehead atoms. The van der Waals surface area contributed by atoms with Gasteiger partial charge >= 0.3 is 0 Å². The Hall–Kier alpha value is -1.12. The highest BCUT2D eigenvalue weighted by Gasteiger charge is 2.29. The minimum Gasteiger partial charge on any atom is -0.299 e. The van der Waals surface area contributed by atoms with Gasteiger partial charge in [0, 0.05) is 24.6 Å². The number of hydrogen-bond acceptors (Lipinski definition) is 2. The highest BCUT2D eigenvalue weighted by Crippen LogP contribution is 2.31. The molecule has 0 aliphatic heterocycles. The second kappa shape index (κ2) is 4.17. The van der Waals surface area contributed by atoms with Crippen molar-refractivity contribution in [1.82, 2.24) is 9.78 Å².